The molecule has 126 valence electrons. The second-order valence-electron chi connectivity index (χ2n) is 5.50. The van der Waals surface area contributed by atoms with Crippen LogP contribution >= 0.6 is 0 Å². The summed E-state index contributed by atoms with van der Waals surface area (Å²) in [7, 11) is -3.79. The quantitative estimate of drug-likeness (QED) is 0.808. The predicted molar refractivity (Wildman–Crippen MR) is 85.4 cm³/mol. The van der Waals surface area contributed by atoms with Gasteiger partial charge in [0.05, 0.1) is 11.4 Å². The summed E-state index contributed by atoms with van der Waals surface area (Å²) in [4.78, 5) is 23.6. The number of nitrogens with zero attached hydrogens (tertiary/aromatic N) is 1. The molecule has 1 atom stereocenters. The molecular weight excluding hydrogens is 318 g/mol. The fraction of sp³-hybridized carbons (Fsp3) is 0.467. The zero-order valence-electron chi connectivity index (χ0n) is 13.2. The molecule has 1 aromatic rings. The fourth-order valence-electron chi connectivity index (χ4n) is 2.18. The third-order valence-corrected chi connectivity index (χ3v) is 5.57. The number of amides is 2. The molecule has 0 saturated carbocycles. The van der Waals surface area contributed by atoms with E-state index in [9.17, 15) is 18.0 Å². The maximum absolute atomic E-state index is 12.6. The minimum Gasteiger partial charge on any atom is -0.354 e. The molecule has 2 rings (SSSR count). The number of sulfonamides is 1. The van der Waals surface area contributed by atoms with E-state index in [1.54, 1.807) is 6.07 Å². The van der Waals surface area contributed by atoms with Gasteiger partial charge in [-0.3, -0.25) is 9.59 Å². The standard InChI is InChI=1S/C15H21N3O4S/c1-3-11(2)17-15(20)12-5-4-6-13(9-12)23(21,22)18-8-7-16-14(19)10-18/h4-6,9,11H,3,7-8,10H2,1-2H3,(H,16,19)(H,17,20)/t11-/m1/s1. The van der Waals surface area contributed by atoms with Gasteiger partial charge in [0.1, 0.15) is 0 Å². The Hall–Kier alpha value is -1.93. The van der Waals surface area contributed by atoms with Crippen LogP contribution in [0.15, 0.2) is 29.2 Å². The molecule has 23 heavy (non-hydrogen) atoms. The van der Waals surface area contributed by atoms with Crippen molar-refractivity contribution in [3.63, 3.8) is 0 Å². The second kappa shape index (κ2) is 7.10. The first-order valence-corrected chi connectivity index (χ1v) is 8.96. The Morgan fingerprint density at radius 3 is 2.83 bits per heavy atom. The molecule has 2 amide bonds. The summed E-state index contributed by atoms with van der Waals surface area (Å²) in [5.41, 5.74) is 0.285. The molecule has 7 nitrogen and oxygen atoms in total. The van der Waals surface area contributed by atoms with E-state index in [2.05, 4.69) is 10.6 Å². The summed E-state index contributed by atoms with van der Waals surface area (Å²) in [6, 6.07) is 5.89. The maximum atomic E-state index is 12.6. The van der Waals surface area contributed by atoms with Crippen LogP contribution < -0.4 is 10.6 Å². The minimum absolute atomic E-state index is 0.00792. The number of hydrogen-bond donors (Lipinski definition) is 2. The Bertz CT molecular complexity index is 702. The molecule has 1 aromatic carbocycles. The molecule has 0 radical (unpaired) electrons. The molecule has 2 N–H and O–H groups in total. The highest BCUT2D eigenvalue weighted by Gasteiger charge is 2.29. The summed E-state index contributed by atoms with van der Waals surface area (Å²) in [6.45, 7) is 4.13. The third kappa shape index (κ3) is 4.08. The van der Waals surface area contributed by atoms with Crippen molar-refractivity contribution in [3.05, 3.63) is 29.8 Å². The van der Waals surface area contributed by atoms with Crippen LogP contribution in [0.2, 0.25) is 0 Å². The van der Waals surface area contributed by atoms with E-state index in [-0.39, 0.29) is 47.9 Å². The first kappa shape index (κ1) is 17.4. The molecular formula is C15H21N3O4S. The van der Waals surface area contributed by atoms with Crippen LogP contribution in [0.4, 0.5) is 0 Å². The monoisotopic (exact) mass is 339 g/mol. The van der Waals surface area contributed by atoms with Crippen LogP contribution in [-0.2, 0) is 14.8 Å². The van der Waals surface area contributed by atoms with Gasteiger partial charge >= 0.3 is 0 Å². The van der Waals surface area contributed by atoms with E-state index in [1.807, 2.05) is 13.8 Å². The summed E-state index contributed by atoms with van der Waals surface area (Å²) in [5, 5.41) is 5.38. The lowest BCUT2D eigenvalue weighted by atomic mass is 10.2. The Labute approximate surface area is 136 Å². The van der Waals surface area contributed by atoms with Crippen LogP contribution in [0.25, 0.3) is 0 Å². The van der Waals surface area contributed by atoms with Crippen LogP contribution in [0, 0.1) is 0 Å². The summed E-state index contributed by atoms with van der Waals surface area (Å²) in [6.07, 6.45) is 0.784. The number of hydrogen-bond acceptors (Lipinski definition) is 4. The number of rotatable bonds is 5. The second-order valence-corrected chi connectivity index (χ2v) is 7.44. The van der Waals surface area contributed by atoms with Gasteiger partial charge in [-0.2, -0.15) is 4.31 Å². The van der Waals surface area contributed by atoms with Gasteiger partial charge in [0.25, 0.3) is 5.91 Å². The molecule has 1 fully saturated rings. The summed E-state index contributed by atoms with van der Waals surface area (Å²) in [5.74, 6) is -0.640. The van der Waals surface area contributed by atoms with Gasteiger partial charge in [-0.25, -0.2) is 8.42 Å². The van der Waals surface area contributed by atoms with Crippen LogP contribution in [-0.4, -0.2) is 50.2 Å². The van der Waals surface area contributed by atoms with E-state index < -0.39 is 10.0 Å². The van der Waals surface area contributed by atoms with Crippen molar-refractivity contribution >= 4 is 21.8 Å². The highest BCUT2D eigenvalue weighted by molar-refractivity contribution is 7.89. The molecule has 1 heterocycles. The van der Waals surface area contributed by atoms with Gasteiger partial charge < -0.3 is 10.6 Å². The van der Waals surface area contributed by atoms with Gasteiger partial charge in [0.15, 0.2) is 0 Å². The minimum atomic E-state index is -3.79. The SMILES string of the molecule is CC[C@@H](C)NC(=O)c1cccc(S(=O)(=O)N2CCNC(=O)C2)c1. The lowest BCUT2D eigenvalue weighted by molar-refractivity contribution is -0.122. The smallest absolute Gasteiger partial charge is 0.251 e. The van der Waals surface area contributed by atoms with Crippen molar-refractivity contribution in [2.75, 3.05) is 19.6 Å². The average Bonchev–Trinajstić information content (AvgIpc) is 2.54. The molecule has 0 bridgehead atoms. The first-order chi connectivity index (χ1) is 10.8. The van der Waals surface area contributed by atoms with Crippen molar-refractivity contribution in [1.29, 1.82) is 0 Å². The molecule has 0 unspecified atom stereocenters. The summed E-state index contributed by atoms with van der Waals surface area (Å²) >= 11 is 0. The lowest BCUT2D eigenvalue weighted by Crippen LogP contribution is -2.49. The number of nitrogens with one attached hydrogen (secondary N) is 2. The first-order valence-electron chi connectivity index (χ1n) is 7.52. The normalized spacial score (nSPS) is 17.4. The van der Waals surface area contributed by atoms with Crippen LogP contribution in [0.5, 0.6) is 0 Å². The molecule has 1 saturated heterocycles. The molecule has 0 spiro atoms. The Kier molecular flexibility index (Phi) is 5.38. The topological polar surface area (TPSA) is 95.6 Å². The highest BCUT2D eigenvalue weighted by Crippen LogP contribution is 2.18. The maximum Gasteiger partial charge on any atom is 0.251 e. The van der Waals surface area contributed by atoms with Crippen LogP contribution in [0.3, 0.4) is 0 Å². The number of benzene rings is 1. The Morgan fingerprint density at radius 2 is 2.17 bits per heavy atom. The van der Waals surface area contributed by atoms with E-state index in [4.69, 9.17) is 0 Å². The largest absolute Gasteiger partial charge is 0.354 e. The summed E-state index contributed by atoms with van der Waals surface area (Å²) < 4.78 is 26.3. The molecule has 0 aromatic heterocycles. The van der Waals surface area contributed by atoms with Crippen molar-refractivity contribution in [2.45, 2.75) is 31.2 Å². The van der Waals surface area contributed by atoms with Gasteiger partial charge in [-0.15, -0.1) is 0 Å². The third-order valence-electron chi connectivity index (χ3n) is 3.73. The number of carbonyl (C=O) groups excluding carboxylic acids is 2. The van der Waals surface area contributed by atoms with Gasteiger partial charge in [0.2, 0.25) is 15.9 Å². The zero-order chi connectivity index (χ0) is 17.0. The molecule has 8 heteroatoms. The molecule has 0 aliphatic carbocycles. The number of piperazine rings is 1. The van der Waals surface area contributed by atoms with E-state index in [1.165, 1.54) is 18.2 Å². The van der Waals surface area contributed by atoms with Gasteiger partial charge in [0, 0.05) is 24.7 Å². The van der Waals surface area contributed by atoms with Crippen molar-refractivity contribution in [3.8, 4) is 0 Å². The Morgan fingerprint density at radius 1 is 1.43 bits per heavy atom. The van der Waals surface area contributed by atoms with Gasteiger partial charge in [-0.1, -0.05) is 13.0 Å². The highest BCUT2D eigenvalue weighted by atomic mass is 32.2. The van der Waals surface area contributed by atoms with E-state index in [0.717, 1.165) is 10.7 Å². The average molecular weight is 339 g/mol. The number of carbonyl (C=O) groups is 2. The van der Waals surface area contributed by atoms with Crippen molar-refractivity contribution in [1.82, 2.24) is 14.9 Å². The van der Waals surface area contributed by atoms with E-state index in [0.29, 0.717) is 0 Å². The zero-order valence-corrected chi connectivity index (χ0v) is 14.0. The predicted octanol–water partition coefficient (Wildman–Crippen LogP) is 0.335. The fourth-order valence-corrected chi connectivity index (χ4v) is 3.62. The molecule has 1 aliphatic rings. The molecule has 1 aliphatic heterocycles. The van der Waals surface area contributed by atoms with Crippen LogP contribution in [0.1, 0.15) is 30.6 Å². The Balaban J connectivity index is 2.24. The van der Waals surface area contributed by atoms with E-state index >= 15 is 0 Å². The van der Waals surface area contributed by atoms with Gasteiger partial charge in [-0.05, 0) is 31.5 Å². The van der Waals surface area contributed by atoms with Crippen molar-refractivity contribution in [2.24, 2.45) is 0 Å². The lowest BCUT2D eigenvalue weighted by Gasteiger charge is -2.26. The van der Waals surface area contributed by atoms with Crippen molar-refractivity contribution < 1.29 is 18.0 Å².